The Labute approximate surface area is 125 Å². The number of piperidine rings is 1. The number of halogens is 1. The quantitative estimate of drug-likeness (QED) is 0.840. The minimum Gasteiger partial charge on any atom is -0.316 e. The molecule has 0 amide bonds. The van der Waals surface area contributed by atoms with E-state index in [1.807, 2.05) is 0 Å². The van der Waals surface area contributed by atoms with E-state index in [-0.39, 0.29) is 12.4 Å². The minimum atomic E-state index is -3.41. The maximum absolute atomic E-state index is 12.7. The van der Waals surface area contributed by atoms with Gasteiger partial charge >= 0.3 is 0 Å². The summed E-state index contributed by atoms with van der Waals surface area (Å²) < 4.78 is 27.1. The molecule has 0 saturated carbocycles. The number of hydrogen-bond acceptors (Lipinski definition) is 4. The number of aromatic amines is 1. The van der Waals surface area contributed by atoms with Crippen LogP contribution in [0.2, 0.25) is 0 Å². The standard InChI is InChI=1S/C12H20N4O2S.ClH/c1-8-12(9(2)15-14-8)19(17,18)16-4-3-10-5-13-6-11(10)7-16;/h10-11,13H,3-7H2,1-2H3,(H,14,15);1H. The monoisotopic (exact) mass is 320 g/mol. The lowest BCUT2D eigenvalue weighted by Crippen LogP contribution is -2.43. The van der Waals surface area contributed by atoms with Crippen LogP contribution in [0.1, 0.15) is 17.8 Å². The first-order chi connectivity index (χ1) is 9.00. The van der Waals surface area contributed by atoms with E-state index in [0.717, 1.165) is 19.5 Å². The largest absolute Gasteiger partial charge is 0.316 e. The molecule has 2 aliphatic rings. The van der Waals surface area contributed by atoms with E-state index in [2.05, 4.69) is 15.5 Å². The maximum Gasteiger partial charge on any atom is 0.246 e. The van der Waals surface area contributed by atoms with Gasteiger partial charge in [0, 0.05) is 13.1 Å². The number of fused-ring (bicyclic) bond motifs is 1. The van der Waals surface area contributed by atoms with Gasteiger partial charge in [0.2, 0.25) is 10.0 Å². The average molecular weight is 321 g/mol. The van der Waals surface area contributed by atoms with Crippen molar-refractivity contribution in [3.8, 4) is 0 Å². The molecule has 0 spiro atoms. The molecule has 0 aromatic carbocycles. The third-order valence-electron chi connectivity index (χ3n) is 4.33. The summed E-state index contributed by atoms with van der Waals surface area (Å²) in [6.07, 6.45) is 0.951. The van der Waals surface area contributed by atoms with Gasteiger partial charge < -0.3 is 5.32 Å². The summed E-state index contributed by atoms with van der Waals surface area (Å²) >= 11 is 0. The summed E-state index contributed by atoms with van der Waals surface area (Å²) in [5.41, 5.74) is 1.19. The molecule has 2 N–H and O–H groups in total. The molecule has 3 heterocycles. The van der Waals surface area contributed by atoms with Gasteiger partial charge in [-0.2, -0.15) is 9.40 Å². The van der Waals surface area contributed by atoms with Crippen LogP contribution in [0.25, 0.3) is 0 Å². The topological polar surface area (TPSA) is 78.1 Å². The molecule has 2 saturated heterocycles. The van der Waals surface area contributed by atoms with Crippen LogP contribution >= 0.6 is 12.4 Å². The Morgan fingerprint density at radius 2 is 1.95 bits per heavy atom. The van der Waals surface area contributed by atoms with Crippen molar-refractivity contribution in [3.05, 3.63) is 11.4 Å². The van der Waals surface area contributed by atoms with E-state index >= 15 is 0 Å². The molecule has 2 atom stereocenters. The van der Waals surface area contributed by atoms with Crippen molar-refractivity contribution < 1.29 is 8.42 Å². The Balaban J connectivity index is 0.00000147. The molecule has 20 heavy (non-hydrogen) atoms. The molecule has 8 heteroatoms. The fourth-order valence-corrected chi connectivity index (χ4v) is 5.11. The lowest BCUT2D eigenvalue weighted by molar-refractivity contribution is 0.227. The van der Waals surface area contributed by atoms with Crippen molar-refractivity contribution in [2.45, 2.75) is 25.2 Å². The van der Waals surface area contributed by atoms with Crippen LogP contribution in [0, 0.1) is 25.7 Å². The van der Waals surface area contributed by atoms with E-state index < -0.39 is 10.0 Å². The SMILES string of the molecule is Cc1n[nH]c(C)c1S(=O)(=O)N1CCC2CNCC2C1.Cl. The van der Waals surface area contributed by atoms with Crippen LogP contribution in [-0.4, -0.2) is 49.1 Å². The predicted octanol–water partition coefficient (Wildman–Crippen LogP) is 0.678. The van der Waals surface area contributed by atoms with Crippen molar-refractivity contribution >= 4 is 22.4 Å². The molecule has 6 nitrogen and oxygen atoms in total. The van der Waals surface area contributed by atoms with Crippen LogP contribution < -0.4 is 5.32 Å². The van der Waals surface area contributed by atoms with Crippen molar-refractivity contribution in [1.29, 1.82) is 0 Å². The van der Waals surface area contributed by atoms with Crippen molar-refractivity contribution in [2.75, 3.05) is 26.2 Å². The van der Waals surface area contributed by atoms with Gasteiger partial charge in [0.05, 0.1) is 11.4 Å². The van der Waals surface area contributed by atoms with E-state index in [0.29, 0.717) is 41.2 Å². The predicted molar refractivity (Wildman–Crippen MR) is 78.5 cm³/mol. The first-order valence-electron chi connectivity index (χ1n) is 6.72. The van der Waals surface area contributed by atoms with Gasteiger partial charge in [-0.1, -0.05) is 0 Å². The highest BCUT2D eigenvalue weighted by Gasteiger charge is 2.39. The van der Waals surface area contributed by atoms with Gasteiger partial charge in [0.15, 0.2) is 0 Å². The third-order valence-corrected chi connectivity index (χ3v) is 6.45. The Morgan fingerprint density at radius 3 is 2.60 bits per heavy atom. The Hall–Kier alpha value is -0.630. The Kier molecular flexibility index (Phi) is 4.44. The number of sulfonamides is 1. The normalized spacial score (nSPS) is 27.1. The Morgan fingerprint density at radius 1 is 1.25 bits per heavy atom. The lowest BCUT2D eigenvalue weighted by Gasteiger charge is -2.33. The molecular formula is C12H21ClN4O2S. The van der Waals surface area contributed by atoms with Gasteiger partial charge in [-0.25, -0.2) is 8.42 Å². The van der Waals surface area contributed by atoms with Crippen molar-refractivity contribution in [1.82, 2.24) is 19.8 Å². The summed E-state index contributed by atoms with van der Waals surface area (Å²) in [4.78, 5) is 0.358. The second-order valence-corrected chi connectivity index (χ2v) is 7.47. The average Bonchev–Trinajstić information content (AvgIpc) is 2.95. The number of H-pyrrole nitrogens is 1. The smallest absolute Gasteiger partial charge is 0.246 e. The zero-order valence-corrected chi connectivity index (χ0v) is 13.4. The van der Waals surface area contributed by atoms with Crippen LogP contribution in [-0.2, 0) is 10.0 Å². The van der Waals surface area contributed by atoms with E-state index in [9.17, 15) is 8.42 Å². The lowest BCUT2D eigenvalue weighted by atomic mass is 9.90. The molecule has 2 aliphatic heterocycles. The first-order valence-corrected chi connectivity index (χ1v) is 8.16. The highest BCUT2D eigenvalue weighted by molar-refractivity contribution is 7.89. The summed E-state index contributed by atoms with van der Waals surface area (Å²) in [7, 11) is -3.41. The number of aromatic nitrogens is 2. The summed E-state index contributed by atoms with van der Waals surface area (Å²) in [6, 6.07) is 0. The van der Waals surface area contributed by atoms with Gasteiger partial charge in [-0.05, 0) is 45.2 Å². The van der Waals surface area contributed by atoms with Gasteiger partial charge in [-0.15, -0.1) is 12.4 Å². The summed E-state index contributed by atoms with van der Waals surface area (Å²) in [6.45, 7) is 6.71. The van der Waals surface area contributed by atoms with Crippen LogP contribution in [0.4, 0.5) is 0 Å². The number of nitrogens with one attached hydrogen (secondary N) is 2. The zero-order chi connectivity index (χ0) is 13.6. The minimum absolute atomic E-state index is 0. The van der Waals surface area contributed by atoms with Crippen LogP contribution in [0.3, 0.4) is 0 Å². The zero-order valence-electron chi connectivity index (χ0n) is 11.7. The number of hydrogen-bond donors (Lipinski definition) is 2. The fraction of sp³-hybridized carbons (Fsp3) is 0.750. The fourth-order valence-electron chi connectivity index (χ4n) is 3.27. The number of aryl methyl sites for hydroxylation is 2. The highest BCUT2D eigenvalue weighted by Crippen LogP contribution is 2.31. The van der Waals surface area contributed by atoms with Crippen molar-refractivity contribution in [2.24, 2.45) is 11.8 Å². The molecule has 3 rings (SSSR count). The molecule has 0 radical (unpaired) electrons. The molecule has 0 bridgehead atoms. The molecule has 114 valence electrons. The van der Waals surface area contributed by atoms with E-state index in [4.69, 9.17) is 0 Å². The summed E-state index contributed by atoms with van der Waals surface area (Å²) in [5.74, 6) is 1.09. The molecule has 2 fully saturated rings. The van der Waals surface area contributed by atoms with Crippen molar-refractivity contribution in [3.63, 3.8) is 0 Å². The molecule has 1 aromatic heterocycles. The highest BCUT2D eigenvalue weighted by atomic mass is 35.5. The second-order valence-electron chi connectivity index (χ2n) is 5.59. The maximum atomic E-state index is 12.7. The molecule has 2 unspecified atom stereocenters. The van der Waals surface area contributed by atoms with Gasteiger partial charge in [-0.3, -0.25) is 5.10 Å². The number of rotatable bonds is 2. The molecular weight excluding hydrogens is 300 g/mol. The van der Waals surface area contributed by atoms with Gasteiger partial charge in [0.25, 0.3) is 0 Å². The van der Waals surface area contributed by atoms with E-state index in [1.165, 1.54) is 0 Å². The van der Waals surface area contributed by atoms with Crippen LogP contribution in [0.15, 0.2) is 4.90 Å². The third kappa shape index (κ3) is 2.47. The van der Waals surface area contributed by atoms with E-state index in [1.54, 1.807) is 18.2 Å². The molecule has 1 aromatic rings. The second kappa shape index (κ2) is 5.63. The Bertz CT molecular complexity index is 567. The number of nitrogens with zero attached hydrogens (tertiary/aromatic N) is 2. The molecule has 0 aliphatic carbocycles. The van der Waals surface area contributed by atoms with Gasteiger partial charge in [0.1, 0.15) is 4.90 Å². The first kappa shape index (κ1) is 15.8. The summed E-state index contributed by atoms with van der Waals surface area (Å²) in [5, 5.41) is 10.1. The van der Waals surface area contributed by atoms with Crippen LogP contribution in [0.5, 0.6) is 0 Å².